The van der Waals surface area contributed by atoms with Gasteiger partial charge in [0.25, 0.3) is 0 Å². The molecule has 2 rings (SSSR count). The van der Waals surface area contributed by atoms with Gasteiger partial charge < -0.3 is 14.9 Å². The molecule has 0 aromatic heterocycles. The van der Waals surface area contributed by atoms with Crippen molar-refractivity contribution < 1.29 is 29.3 Å². The van der Waals surface area contributed by atoms with Crippen molar-refractivity contribution in [3.8, 4) is 0 Å². The Labute approximate surface area is 166 Å². The number of aliphatic carboxylic acids is 1. The zero-order chi connectivity index (χ0) is 21.4. The molecule has 156 valence electrons. The van der Waals surface area contributed by atoms with E-state index in [1.165, 1.54) is 6.92 Å². The molecule has 2 N–H and O–H groups in total. The maximum absolute atomic E-state index is 12.4. The summed E-state index contributed by atoms with van der Waals surface area (Å²) < 4.78 is 5.63. The van der Waals surface area contributed by atoms with Crippen LogP contribution in [0.1, 0.15) is 60.3 Å². The van der Waals surface area contributed by atoms with E-state index >= 15 is 0 Å². The van der Waals surface area contributed by atoms with E-state index in [-0.39, 0.29) is 42.0 Å². The monoisotopic (exact) mass is 392 g/mol. The normalized spacial score (nSPS) is 36.3. The summed E-state index contributed by atoms with van der Waals surface area (Å²) in [7, 11) is 0. The predicted octanol–water partition coefficient (Wildman–Crippen LogP) is 4.06. The van der Waals surface area contributed by atoms with E-state index < -0.39 is 22.6 Å². The van der Waals surface area contributed by atoms with Crippen LogP contribution < -0.4 is 0 Å². The Balaban J connectivity index is 2.45. The molecule has 6 unspecified atom stereocenters. The molecule has 2 aliphatic rings. The molecule has 2 aliphatic carbocycles. The second-order valence-electron chi connectivity index (χ2n) is 9.14. The zero-order valence-electron chi connectivity index (χ0n) is 17.4. The number of Topliss-reactive ketones (excluding diaryl/α,β-unsaturated/α-hetero) is 1. The minimum atomic E-state index is -0.828. The fraction of sp³-hybridized carbons (Fsp3) is 0.682. The molecular weight excluding hydrogens is 360 g/mol. The molecule has 0 aromatic rings. The molecule has 0 heterocycles. The Morgan fingerprint density at radius 3 is 2.54 bits per heavy atom. The molecule has 0 radical (unpaired) electrons. The predicted molar refractivity (Wildman–Crippen MR) is 105 cm³/mol. The molecule has 0 aliphatic heterocycles. The second-order valence-corrected chi connectivity index (χ2v) is 9.14. The average molecular weight is 392 g/mol. The minimum absolute atomic E-state index is 0.00659. The summed E-state index contributed by atoms with van der Waals surface area (Å²) in [6.45, 7) is 13.3. The highest BCUT2D eigenvalue weighted by atomic mass is 16.5. The molecule has 0 saturated heterocycles. The Morgan fingerprint density at radius 1 is 1.39 bits per heavy atom. The summed E-state index contributed by atoms with van der Waals surface area (Å²) in [5.41, 5.74) is -0.704. The molecule has 1 fully saturated rings. The number of fused-ring (bicyclic) bond motifs is 1. The van der Waals surface area contributed by atoms with Crippen LogP contribution in [0, 0.1) is 28.6 Å². The fourth-order valence-electron chi connectivity index (χ4n) is 5.19. The van der Waals surface area contributed by atoms with Crippen molar-refractivity contribution in [2.75, 3.05) is 0 Å². The number of esters is 1. The minimum Gasteiger partial charge on any atom is -0.504 e. The number of allylic oxidation sites excluding steroid dienone is 2. The summed E-state index contributed by atoms with van der Waals surface area (Å²) in [6, 6.07) is 0. The van der Waals surface area contributed by atoms with Crippen LogP contribution in [-0.2, 0) is 19.1 Å². The van der Waals surface area contributed by atoms with E-state index in [0.29, 0.717) is 24.8 Å². The molecular formula is C22H32O6. The van der Waals surface area contributed by atoms with E-state index in [4.69, 9.17) is 9.84 Å². The smallest absolute Gasteiger partial charge is 0.303 e. The van der Waals surface area contributed by atoms with Gasteiger partial charge in [0.2, 0.25) is 5.78 Å². The lowest BCUT2D eigenvalue weighted by atomic mass is 9.46. The number of aliphatic hydroxyl groups is 1. The van der Waals surface area contributed by atoms with Gasteiger partial charge in [0.15, 0.2) is 5.76 Å². The number of carbonyl (C=O) groups excluding carboxylic acids is 2. The van der Waals surface area contributed by atoms with Gasteiger partial charge >= 0.3 is 11.9 Å². The van der Waals surface area contributed by atoms with Crippen LogP contribution in [0.4, 0.5) is 0 Å². The summed E-state index contributed by atoms with van der Waals surface area (Å²) in [4.78, 5) is 35.1. The first-order valence-electron chi connectivity index (χ1n) is 9.86. The van der Waals surface area contributed by atoms with Crippen LogP contribution >= 0.6 is 0 Å². The van der Waals surface area contributed by atoms with E-state index in [1.54, 1.807) is 6.08 Å². The van der Waals surface area contributed by atoms with E-state index in [9.17, 15) is 19.5 Å². The molecule has 0 amide bonds. The summed E-state index contributed by atoms with van der Waals surface area (Å²) in [5, 5.41) is 19.3. The van der Waals surface area contributed by atoms with Gasteiger partial charge in [-0.2, -0.15) is 0 Å². The van der Waals surface area contributed by atoms with Gasteiger partial charge in [0, 0.05) is 24.3 Å². The third kappa shape index (κ3) is 3.87. The second kappa shape index (κ2) is 7.72. The lowest BCUT2D eigenvalue weighted by Crippen LogP contribution is -2.56. The van der Waals surface area contributed by atoms with Crippen molar-refractivity contribution in [2.45, 2.75) is 66.4 Å². The molecule has 0 spiro atoms. The number of rotatable bonds is 6. The average Bonchev–Trinajstić information content (AvgIpc) is 2.58. The van der Waals surface area contributed by atoms with Crippen molar-refractivity contribution in [3.63, 3.8) is 0 Å². The molecule has 1 saturated carbocycles. The van der Waals surface area contributed by atoms with Crippen LogP contribution in [0.2, 0.25) is 0 Å². The van der Waals surface area contributed by atoms with Crippen LogP contribution in [0.3, 0.4) is 0 Å². The highest BCUT2D eigenvalue weighted by Crippen LogP contribution is 2.61. The number of carboxylic acid groups (broad SMARTS) is 1. The number of ether oxygens (including phenoxy) is 1. The fourth-order valence-corrected chi connectivity index (χ4v) is 5.19. The number of aliphatic hydroxyl groups excluding tert-OH is 1. The van der Waals surface area contributed by atoms with Crippen molar-refractivity contribution >= 4 is 17.7 Å². The van der Waals surface area contributed by atoms with Crippen molar-refractivity contribution in [1.82, 2.24) is 0 Å². The third-order valence-electron chi connectivity index (χ3n) is 7.16. The number of carbonyl (C=O) groups is 3. The maximum atomic E-state index is 12.4. The third-order valence-corrected chi connectivity index (χ3v) is 7.16. The largest absolute Gasteiger partial charge is 0.504 e. The van der Waals surface area contributed by atoms with Crippen LogP contribution in [-0.4, -0.2) is 34.0 Å². The molecule has 0 bridgehead atoms. The summed E-state index contributed by atoms with van der Waals surface area (Å²) in [6.07, 6.45) is 3.18. The van der Waals surface area contributed by atoms with Gasteiger partial charge in [0.1, 0.15) is 6.10 Å². The Kier molecular flexibility index (Phi) is 6.12. The lowest BCUT2D eigenvalue weighted by molar-refractivity contribution is -0.166. The van der Waals surface area contributed by atoms with Crippen LogP contribution in [0.5, 0.6) is 0 Å². The molecule has 6 nitrogen and oxygen atoms in total. The highest BCUT2D eigenvalue weighted by molar-refractivity contribution is 6.08. The van der Waals surface area contributed by atoms with Crippen molar-refractivity contribution in [2.24, 2.45) is 28.6 Å². The Hall–Kier alpha value is -2.11. The molecule has 0 aromatic carbocycles. The van der Waals surface area contributed by atoms with E-state index in [0.717, 1.165) is 0 Å². The first kappa shape index (κ1) is 22.2. The first-order chi connectivity index (χ1) is 12.8. The van der Waals surface area contributed by atoms with Crippen LogP contribution in [0.15, 0.2) is 24.0 Å². The number of carboxylic acids is 1. The molecule has 6 heteroatoms. The van der Waals surface area contributed by atoms with Crippen molar-refractivity contribution in [1.29, 1.82) is 0 Å². The topological polar surface area (TPSA) is 101 Å². The van der Waals surface area contributed by atoms with E-state index in [1.807, 2.05) is 20.8 Å². The quantitative estimate of drug-likeness (QED) is 0.522. The van der Waals surface area contributed by atoms with Gasteiger partial charge in [0.05, 0.1) is 0 Å². The summed E-state index contributed by atoms with van der Waals surface area (Å²) in [5.74, 6) is -2.14. The molecule has 28 heavy (non-hydrogen) atoms. The van der Waals surface area contributed by atoms with Gasteiger partial charge in [-0.05, 0) is 48.5 Å². The number of hydrogen-bond donors (Lipinski definition) is 2. The highest BCUT2D eigenvalue weighted by Gasteiger charge is 2.59. The summed E-state index contributed by atoms with van der Waals surface area (Å²) >= 11 is 0. The van der Waals surface area contributed by atoms with Gasteiger partial charge in [-0.1, -0.05) is 34.3 Å². The van der Waals surface area contributed by atoms with Crippen LogP contribution in [0.25, 0.3) is 0 Å². The van der Waals surface area contributed by atoms with Gasteiger partial charge in [-0.3, -0.25) is 14.4 Å². The van der Waals surface area contributed by atoms with Crippen molar-refractivity contribution in [3.05, 3.63) is 24.0 Å². The first-order valence-corrected chi connectivity index (χ1v) is 9.86. The number of ketones is 1. The number of hydrogen-bond acceptors (Lipinski definition) is 5. The Morgan fingerprint density at radius 2 is 2.00 bits per heavy atom. The zero-order valence-corrected chi connectivity index (χ0v) is 17.4. The van der Waals surface area contributed by atoms with Gasteiger partial charge in [-0.15, -0.1) is 0 Å². The van der Waals surface area contributed by atoms with E-state index in [2.05, 4.69) is 13.5 Å². The lowest BCUT2D eigenvalue weighted by Gasteiger charge is -2.58. The van der Waals surface area contributed by atoms with Gasteiger partial charge in [-0.25, -0.2) is 0 Å². The SMILES string of the molecule is C=C1C(=O)C(O)=CC2C1(C)CC(OC(C)=O)C(C)C2(C)CCC(C)CC(=O)O. The molecule has 6 atom stereocenters. The Bertz CT molecular complexity index is 723. The maximum Gasteiger partial charge on any atom is 0.303 e. The standard InChI is InChI=1S/C22H32O6/c1-12(9-19(25)26)7-8-21(5)13(2)17(28-15(4)23)11-22(6)14(3)20(27)16(24)10-18(21)22/h10,12-13,17-18,24H,3,7-9,11H2,1-2,4-6H3,(H,25,26).